The van der Waals surface area contributed by atoms with Crippen molar-refractivity contribution in [3.63, 3.8) is 0 Å². The minimum Gasteiger partial charge on any atom is -0.456 e. The molecule has 0 aromatic heterocycles. The van der Waals surface area contributed by atoms with Gasteiger partial charge in [0.1, 0.15) is 23.0 Å². The molecule has 0 aliphatic carbocycles. The summed E-state index contributed by atoms with van der Waals surface area (Å²) >= 11 is 0. The van der Waals surface area contributed by atoms with Gasteiger partial charge in [0.05, 0.1) is 0 Å². The first kappa shape index (κ1) is 27.3. The number of rotatable bonds is 4. The molecule has 2 aliphatic rings. The lowest BCUT2D eigenvalue weighted by atomic mass is 9.75. The van der Waals surface area contributed by atoms with E-state index in [0.29, 0.717) is 0 Å². The summed E-state index contributed by atoms with van der Waals surface area (Å²) in [6.07, 6.45) is 0. The number of para-hydroxylation sites is 4. The van der Waals surface area contributed by atoms with Crippen molar-refractivity contribution in [1.82, 2.24) is 0 Å². The Bertz CT molecular complexity index is 1920. The third kappa shape index (κ3) is 4.42. The van der Waals surface area contributed by atoms with Crippen molar-refractivity contribution in [1.29, 1.82) is 0 Å². The molecule has 0 saturated carbocycles. The van der Waals surface area contributed by atoms with Gasteiger partial charge in [-0.25, -0.2) is 0 Å². The fourth-order valence-electron chi connectivity index (χ4n) is 7.02. The average molecular weight is 586 g/mol. The maximum atomic E-state index is 6.51. The summed E-state index contributed by atoms with van der Waals surface area (Å²) in [6.45, 7) is 9.09. The van der Waals surface area contributed by atoms with Gasteiger partial charge in [-0.05, 0) is 47.5 Å². The minimum atomic E-state index is -0.139. The highest BCUT2D eigenvalue weighted by atomic mass is 16.5. The van der Waals surface area contributed by atoms with E-state index in [4.69, 9.17) is 9.47 Å². The Hall–Kier alpha value is -5.28. The number of benzene rings is 6. The molecule has 0 saturated heterocycles. The van der Waals surface area contributed by atoms with Crippen LogP contribution in [0.4, 0.5) is 11.4 Å². The van der Waals surface area contributed by atoms with Crippen LogP contribution >= 0.6 is 0 Å². The molecule has 8 rings (SSSR count). The van der Waals surface area contributed by atoms with E-state index in [1.165, 1.54) is 22.3 Å². The van der Waals surface area contributed by atoms with Gasteiger partial charge in [0, 0.05) is 55.6 Å². The molecular formula is C42H35NO2. The smallest absolute Gasteiger partial charge is 0.139 e. The van der Waals surface area contributed by atoms with Crippen LogP contribution in [0.15, 0.2) is 133 Å². The standard InChI is InChI=1S/C42H35NO2/c1-41(2)33-13-5-7-17-37(33)44-39-31(11-9-15-35(39)41)27-19-23-29(24-20-27)43-30-25-21-28(22-26-30)32-12-10-16-36-40(32)45-38-18-8-6-14-34(38)42(36,3)4/h5-26,43H,1-4H3. The number of ether oxygens (including phenoxy) is 2. The zero-order valence-corrected chi connectivity index (χ0v) is 26.0. The molecule has 0 atom stereocenters. The maximum absolute atomic E-state index is 6.51. The highest BCUT2D eigenvalue weighted by Crippen LogP contribution is 2.52. The normalized spacial score (nSPS) is 14.9. The molecule has 1 N–H and O–H groups in total. The van der Waals surface area contributed by atoms with Crippen LogP contribution in [0.5, 0.6) is 23.0 Å². The summed E-state index contributed by atoms with van der Waals surface area (Å²) in [5, 5.41) is 3.58. The Morgan fingerprint density at radius 1 is 0.400 bits per heavy atom. The number of hydrogen-bond acceptors (Lipinski definition) is 3. The first-order valence-corrected chi connectivity index (χ1v) is 15.6. The summed E-state index contributed by atoms with van der Waals surface area (Å²) in [5.41, 5.74) is 11.1. The molecule has 220 valence electrons. The van der Waals surface area contributed by atoms with Crippen LogP contribution in [0, 0.1) is 0 Å². The zero-order chi connectivity index (χ0) is 30.8. The Balaban J connectivity index is 1.04. The van der Waals surface area contributed by atoms with Gasteiger partial charge < -0.3 is 14.8 Å². The molecule has 0 bridgehead atoms. The van der Waals surface area contributed by atoms with Crippen LogP contribution in [-0.2, 0) is 10.8 Å². The quantitative estimate of drug-likeness (QED) is 0.223. The first-order chi connectivity index (χ1) is 21.8. The van der Waals surface area contributed by atoms with Gasteiger partial charge in [0.2, 0.25) is 0 Å². The van der Waals surface area contributed by atoms with Crippen molar-refractivity contribution >= 4 is 11.4 Å². The van der Waals surface area contributed by atoms with Gasteiger partial charge in [-0.15, -0.1) is 0 Å². The van der Waals surface area contributed by atoms with Gasteiger partial charge in [-0.3, -0.25) is 0 Å². The highest BCUT2D eigenvalue weighted by Gasteiger charge is 2.36. The van der Waals surface area contributed by atoms with E-state index in [0.717, 1.165) is 56.6 Å². The predicted octanol–water partition coefficient (Wildman–Crippen LogP) is 11.6. The SMILES string of the molecule is CC1(C)c2ccccc2Oc2c(-c3ccc(Nc4ccc(-c5cccc6c5Oc5ccccc5C6(C)C)cc4)cc3)cccc21. The van der Waals surface area contributed by atoms with Crippen LogP contribution in [0.25, 0.3) is 22.3 Å². The van der Waals surface area contributed by atoms with E-state index < -0.39 is 0 Å². The van der Waals surface area contributed by atoms with Crippen molar-refractivity contribution < 1.29 is 9.47 Å². The molecule has 3 nitrogen and oxygen atoms in total. The molecular weight excluding hydrogens is 550 g/mol. The van der Waals surface area contributed by atoms with Crippen LogP contribution in [0.1, 0.15) is 49.9 Å². The maximum Gasteiger partial charge on any atom is 0.139 e. The second-order valence-electron chi connectivity index (χ2n) is 13.1. The first-order valence-electron chi connectivity index (χ1n) is 15.6. The Morgan fingerprint density at radius 3 is 1.20 bits per heavy atom. The summed E-state index contributed by atoms with van der Waals surface area (Å²) in [4.78, 5) is 0. The molecule has 0 spiro atoms. The number of nitrogens with one attached hydrogen (secondary N) is 1. The zero-order valence-electron chi connectivity index (χ0n) is 26.0. The Labute approximate surface area is 265 Å². The van der Waals surface area contributed by atoms with E-state index in [-0.39, 0.29) is 10.8 Å². The van der Waals surface area contributed by atoms with Gasteiger partial charge in [-0.1, -0.05) is 125 Å². The predicted molar refractivity (Wildman–Crippen MR) is 184 cm³/mol. The second kappa shape index (κ2) is 10.1. The highest BCUT2D eigenvalue weighted by molar-refractivity contribution is 5.79. The summed E-state index contributed by atoms with van der Waals surface area (Å²) < 4.78 is 13.0. The van der Waals surface area contributed by atoms with E-state index in [1.807, 2.05) is 12.1 Å². The molecule has 6 aromatic rings. The topological polar surface area (TPSA) is 30.5 Å². The lowest BCUT2D eigenvalue weighted by Crippen LogP contribution is -2.24. The fraction of sp³-hybridized carbons (Fsp3) is 0.143. The number of anilines is 2. The molecule has 0 unspecified atom stereocenters. The molecule has 0 amide bonds. The van der Waals surface area contributed by atoms with Crippen molar-refractivity contribution in [3.05, 3.63) is 156 Å². The van der Waals surface area contributed by atoms with Crippen LogP contribution in [0.2, 0.25) is 0 Å². The Morgan fingerprint density at radius 2 is 0.778 bits per heavy atom. The van der Waals surface area contributed by atoms with Crippen molar-refractivity contribution in [2.45, 2.75) is 38.5 Å². The molecule has 2 aliphatic heterocycles. The summed E-state index contributed by atoms with van der Waals surface area (Å²) in [5.74, 6) is 3.74. The van der Waals surface area contributed by atoms with Gasteiger partial charge in [-0.2, -0.15) is 0 Å². The van der Waals surface area contributed by atoms with Gasteiger partial charge >= 0.3 is 0 Å². The molecule has 0 radical (unpaired) electrons. The third-order valence-electron chi connectivity index (χ3n) is 9.60. The van der Waals surface area contributed by atoms with Crippen molar-refractivity contribution in [2.24, 2.45) is 0 Å². The number of fused-ring (bicyclic) bond motifs is 4. The third-order valence-corrected chi connectivity index (χ3v) is 9.60. The van der Waals surface area contributed by atoms with Crippen LogP contribution in [0.3, 0.4) is 0 Å². The molecule has 45 heavy (non-hydrogen) atoms. The second-order valence-corrected chi connectivity index (χ2v) is 13.1. The van der Waals surface area contributed by atoms with Gasteiger partial charge in [0.15, 0.2) is 0 Å². The van der Waals surface area contributed by atoms with E-state index in [9.17, 15) is 0 Å². The van der Waals surface area contributed by atoms with E-state index in [1.54, 1.807) is 0 Å². The van der Waals surface area contributed by atoms with Crippen LogP contribution < -0.4 is 14.8 Å². The fourth-order valence-corrected chi connectivity index (χ4v) is 7.02. The largest absolute Gasteiger partial charge is 0.456 e. The van der Waals surface area contributed by atoms with Gasteiger partial charge in [0.25, 0.3) is 0 Å². The Kier molecular flexibility index (Phi) is 6.15. The van der Waals surface area contributed by atoms with E-state index >= 15 is 0 Å². The lowest BCUT2D eigenvalue weighted by molar-refractivity contribution is 0.419. The molecule has 2 heterocycles. The monoisotopic (exact) mass is 585 g/mol. The average Bonchev–Trinajstić information content (AvgIpc) is 3.05. The summed E-state index contributed by atoms with van der Waals surface area (Å²) in [7, 11) is 0. The van der Waals surface area contributed by atoms with Crippen molar-refractivity contribution in [3.8, 4) is 45.3 Å². The number of hydrogen-bond donors (Lipinski definition) is 1. The molecule has 0 fully saturated rings. The lowest BCUT2D eigenvalue weighted by Gasteiger charge is -2.35. The van der Waals surface area contributed by atoms with Crippen molar-refractivity contribution in [2.75, 3.05) is 5.32 Å². The van der Waals surface area contributed by atoms with E-state index in [2.05, 4.69) is 154 Å². The summed E-state index contributed by atoms with van der Waals surface area (Å²) in [6, 6.07) is 46.8. The van der Waals surface area contributed by atoms with Crippen LogP contribution in [-0.4, -0.2) is 0 Å². The molecule has 6 aromatic carbocycles. The minimum absolute atomic E-state index is 0.139. The molecule has 3 heteroatoms.